The summed E-state index contributed by atoms with van der Waals surface area (Å²) in [6.45, 7) is 0.204. The molecule has 106 valence electrons. The first-order valence-electron chi connectivity index (χ1n) is 6.32. The van der Waals surface area contributed by atoms with Crippen molar-refractivity contribution in [3.63, 3.8) is 0 Å². The number of nitrogens with zero attached hydrogens (tertiary/aromatic N) is 2. The maximum atomic E-state index is 12.0. The first-order chi connectivity index (χ1) is 10.2. The normalized spacial score (nSPS) is 10.5. The molecule has 0 atom stereocenters. The number of halogens is 1. The van der Waals surface area contributed by atoms with Crippen molar-refractivity contribution in [2.45, 2.75) is 6.54 Å². The van der Waals surface area contributed by atoms with Gasteiger partial charge in [0.1, 0.15) is 6.54 Å². The molecule has 2 heterocycles. The van der Waals surface area contributed by atoms with Crippen molar-refractivity contribution in [3.8, 4) is 11.3 Å². The van der Waals surface area contributed by atoms with Crippen LogP contribution in [-0.4, -0.2) is 15.7 Å². The Kier molecular flexibility index (Phi) is 4.35. The van der Waals surface area contributed by atoms with Gasteiger partial charge in [-0.25, -0.2) is 0 Å². The minimum atomic E-state index is -0.0869. The van der Waals surface area contributed by atoms with Crippen molar-refractivity contribution in [2.24, 2.45) is 0 Å². The molecule has 0 aliphatic rings. The molecule has 6 heteroatoms. The van der Waals surface area contributed by atoms with Crippen LogP contribution in [-0.2, 0) is 11.3 Å². The molecular weight excluding hydrogens is 397 g/mol. The van der Waals surface area contributed by atoms with Crippen LogP contribution in [0.4, 0.5) is 5.69 Å². The van der Waals surface area contributed by atoms with E-state index in [2.05, 4.69) is 33.0 Å². The minimum Gasteiger partial charge on any atom is -0.324 e. The van der Waals surface area contributed by atoms with Crippen molar-refractivity contribution < 1.29 is 4.79 Å². The first kappa shape index (κ1) is 14.3. The Morgan fingerprint density at radius 3 is 2.76 bits per heavy atom. The molecule has 0 bridgehead atoms. The Morgan fingerprint density at radius 1 is 1.24 bits per heavy atom. The van der Waals surface area contributed by atoms with Gasteiger partial charge in [-0.15, -0.1) is 0 Å². The third kappa shape index (κ3) is 3.70. The van der Waals surface area contributed by atoms with Crippen molar-refractivity contribution in [3.05, 3.63) is 56.9 Å². The van der Waals surface area contributed by atoms with Crippen LogP contribution in [0.5, 0.6) is 0 Å². The highest BCUT2D eigenvalue weighted by atomic mass is 127. The summed E-state index contributed by atoms with van der Waals surface area (Å²) in [5.74, 6) is -0.0869. The van der Waals surface area contributed by atoms with E-state index < -0.39 is 0 Å². The van der Waals surface area contributed by atoms with Gasteiger partial charge in [0.2, 0.25) is 5.91 Å². The van der Waals surface area contributed by atoms with E-state index in [4.69, 9.17) is 0 Å². The highest BCUT2D eigenvalue weighted by Crippen LogP contribution is 2.19. The van der Waals surface area contributed by atoms with E-state index in [-0.39, 0.29) is 12.5 Å². The Morgan fingerprint density at radius 2 is 2.05 bits per heavy atom. The summed E-state index contributed by atoms with van der Waals surface area (Å²) in [7, 11) is 0. The number of anilines is 1. The molecule has 4 nitrogen and oxygen atoms in total. The number of carbonyl (C=O) groups is 1. The van der Waals surface area contributed by atoms with Gasteiger partial charge in [0.25, 0.3) is 0 Å². The highest BCUT2D eigenvalue weighted by molar-refractivity contribution is 14.1. The van der Waals surface area contributed by atoms with E-state index in [1.165, 1.54) is 0 Å². The third-order valence-electron chi connectivity index (χ3n) is 2.89. The van der Waals surface area contributed by atoms with Gasteiger partial charge in [-0.3, -0.25) is 9.48 Å². The number of aromatic nitrogens is 2. The number of rotatable bonds is 4. The van der Waals surface area contributed by atoms with E-state index in [0.29, 0.717) is 0 Å². The van der Waals surface area contributed by atoms with Crippen LogP contribution < -0.4 is 5.32 Å². The van der Waals surface area contributed by atoms with E-state index in [1.807, 2.05) is 53.4 Å². The van der Waals surface area contributed by atoms with Gasteiger partial charge in [-0.05, 0) is 64.4 Å². The molecule has 0 saturated carbocycles. The SMILES string of the molecule is O=C(Cn1ccc(-c2ccsc2)n1)Nc1ccc(I)cc1. The quantitative estimate of drug-likeness (QED) is 0.666. The van der Waals surface area contributed by atoms with Gasteiger partial charge in [-0.1, -0.05) is 0 Å². The molecule has 0 spiro atoms. The summed E-state index contributed by atoms with van der Waals surface area (Å²) < 4.78 is 2.78. The molecule has 0 aliphatic heterocycles. The molecule has 3 aromatic rings. The molecule has 3 rings (SSSR count). The third-order valence-corrected chi connectivity index (χ3v) is 4.29. The van der Waals surface area contributed by atoms with Crippen molar-refractivity contribution in [1.29, 1.82) is 0 Å². The minimum absolute atomic E-state index is 0.0869. The maximum absolute atomic E-state index is 12.0. The second-order valence-electron chi connectivity index (χ2n) is 4.47. The van der Waals surface area contributed by atoms with Crippen molar-refractivity contribution >= 4 is 45.5 Å². The van der Waals surface area contributed by atoms with Crippen LogP contribution in [0.15, 0.2) is 53.4 Å². The smallest absolute Gasteiger partial charge is 0.246 e. The van der Waals surface area contributed by atoms with Gasteiger partial charge >= 0.3 is 0 Å². The fraction of sp³-hybridized carbons (Fsp3) is 0.0667. The lowest BCUT2D eigenvalue weighted by molar-refractivity contribution is -0.116. The van der Waals surface area contributed by atoms with Gasteiger partial charge in [-0.2, -0.15) is 16.4 Å². The van der Waals surface area contributed by atoms with E-state index >= 15 is 0 Å². The molecule has 2 aromatic heterocycles. The summed E-state index contributed by atoms with van der Waals surface area (Å²) >= 11 is 3.86. The zero-order valence-corrected chi connectivity index (χ0v) is 14.0. The topological polar surface area (TPSA) is 46.9 Å². The average Bonchev–Trinajstić information content (AvgIpc) is 3.12. The Bertz CT molecular complexity index is 735. The van der Waals surface area contributed by atoms with Gasteiger partial charge in [0.05, 0.1) is 5.69 Å². The number of hydrogen-bond donors (Lipinski definition) is 1. The molecule has 1 aromatic carbocycles. The number of hydrogen-bond acceptors (Lipinski definition) is 3. The maximum Gasteiger partial charge on any atom is 0.246 e. The van der Waals surface area contributed by atoms with Crippen LogP contribution in [0.1, 0.15) is 0 Å². The molecule has 21 heavy (non-hydrogen) atoms. The largest absolute Gasteiger partial charge is 0.324 e. The summed E-state index contributed by atoms with van der Waals surface area (Å²) in [6, 6.07) is 11.6. The molecule has 0 aliphatic carbocycles. The van der Waals surface area contributed by atoms with Crippen LogP contribution in [0.25, 0.3) is 11.3 Å². The molecular formula is C15H12IN3OS. The fourth-order valence-electron chi connectivity index (χ4n) is 1.89. The summed E-state index contributed by atoms with van der Waals surface area (Å²) in [4.78, 5) is 12.0. The lowest BCUT2D eigenvalue weighted by Gasteiger charge is -2.05. The van der Waals surface area contributed by atoms with Crippen molar-refractivity contribution in [2.75, 3.05) is 5.32 Å². The standard InChI is InChI=1S/C15H12IN3OS/c16-12-1-3-13(4-2-12)17-15(20)9-19-7-5-14(18-19)11-6-8-21-10-11/h1-8,10H,9H2,(H,17,20). The lowest BCUT2D eigenvalue weighted by atomic mass is 10.2. The molecule has 0 unspecified atom stereocenters. The summed E-state index contributed by atoms with van der Waals surface area (Å²) in [5.41, 5.74) is 2.76. The van der Waals surface area contributed by atoms with E-state index in [0.717, 1.165) is 20.5 Å². The van der Waals surface area contributed by atoms with Crippen LogP contribution in [0, 0.1) is 3.57 Å². The van der Waals surface area contributed by atoms with E-state index in [1.54, 1.807) is 16.0 Å². The molecule has 1 N–H and O–H groups in total. The number of carbonyl (C=O) groups excluding carboxylic acids is 1. The first-order valence-corrected chi connectivity index (χ1v) is 8.34. The second-order valence-corrected chi connectivity index (χ2v) is 6.49. The fourth-order valence-corrected chi connectivity index (χ4v) is 2.90. The molecule has 1 amide bonds. The highest BCUT2D eigenvalue weighted by Gasteiger charge is 2.07. The van der Waals surface area contributed by atoms with E-state index in [9.17, 15) is 4.79 Å². The summed E-state index contributed by atoms with van der Waals surface area (Å²) in [6.07, 6.45) is 1.82. The predicted octanol–water partition coefficient (Wildman–Crippen LogP) is 3.85. The molecule has 0 saturated heterocycles. The van der Waals surface area contributed by atoms with Gasteiger partial charge in [0, 0.05) is 26.4 Å². The Labute approximate surface area is 139 Å². The number of nitrogens with one attached hydrogen (secondary N) is 1. The van der Waals surface area contributed by atoms with Gasteiger partial charge in [0.15, 0.2) is 0 Å². The molecule has 0 fully saturated rings. The van der Waals surface area contributed by atoms with Crippen LogP contribution >= 0.6 is 33.9 Å². The Balaban J connectivity index is 1.64. The zero-order valence-electron chi connectivity index (χ0n) is 11.0. The van der Waals surface area contributed by atoms with Crippen LogP contribution in [0.2, 0.25) is 0 Å². The van der Waals surface area contributed by atoms with Crippen molar-refractivity contribution in [1.82, 2.24) is 9.78 Å². The second kappa shape index (κ2) is 6.40. The van der Waals surface area contributed by atoms with Gasteiger partial charge < -0.3 is 5.32 Å². The van der Waals surface area contributed by atoms with Crippen LogP contribution in [0.3, 0.4) is 0 Å². The Hall–Kier alpha value is -1.67. The number of thiophene rings is 1. The number of amides is 1. The molecule has 0 radical (unpaired) electrons. The summed E-state index contributed by atoms with van der Waals surface area (Å²) in [5, 5.41) is 11.3. The lowest BCUT2D eigenvalue weighted by Crippen LogP contribution is -2.19. The zero-order chi connectivity index (χ0) is 14.7. The monoisotopic (exact) mass is 409 g/mol. The number of benzene rings is 1. The average molecular weight is 409 g/mol. The predicted molar refractivity (Wildman–Crippen MR) is 93.3 cm³/mol.